The monoisotopic (exact) mass is 793 g/mol. The van der Waals surface area contributed by atoms with Gasteiger partial charge in [-0.3, -0.25) is 14.1 Å². The van der Waals surface area contributed by atoms with Gasteiger partial charge in [0, 0.05) is 12.8 Å². The number of aliphatic hydroxyl groups excluding tert-OH is 1. The molecule has 3 N–H and O–H groups in total. The van der Waals surface area contributed by atoms with Gasteiger partial charge in [0.2, 0.25) is 0 Å². The highest BCUT2D eigenvalue weighted by atomic mass is 31.2. The molecule has 0 aliphatic rings. The zero-order chi connectivity index (χ0) is 40.5. The molecule has 0 fully saturated rings. The van der Waals surface area contributed by atoms with Crippen LogP contribution in [0.1, 0.15) is 174 Å². The van der Waals surface area contributed by atoms with Crippen molar-refractivity contribution in [2.75, 3.05) is 13.2 Å². The summed E-state index contributed by atoms with van der Waals surface area (Å²) in [6.45, 7) is 3.39. The van der Waals surface area contributed by atoms with Crippen LogP contribution in [0, 0.1) is 0 Å². The Morgan fingerprint density at radius 2 is 1.09 bits per heavy atom. The fourth-order valence-corrected chi connectivity index (χ4v) is 5.96. The summed E-state index contributed by atoms with van der Waals surface area (Å²) in [4.78, 5) is 42.8. The Hall–Kier alpha value is -2.55. The van der Waals surface area contributed by atoms with E-state index in [1.165, 1.54) is 83.5 Å². The molecule has 10 heteroatoms. The maximum Gasteiger partial charge on any atom is 0.469 e. The van der Waals surface area contributed by atoms with Crippen molar-refractivity contribution in [2.45, 2.75) is 187 Å². The molecular weight excluding hydrogens is 715 g/mol. The molecule has 0 aliphatic carbocycles. The molecule has 0 saturated carbocycles. The molecule has 1 unspecified atom stereocenters. The summed E-state index contributed by atoms with van der Waals surface area (Å²) in [5.41, 5.74) is 0. The molecule has 0 radical (unpaired) electrons. The highest BCUT2D eigenvalue weighted by molar-refractivity contribution is 7.46. The molecule has 0 saturated heterocycles. The van der Waals surface area contributed by atoms with E-state index < -0.39 is 38.6 Å². The Labute approximate surface area is 334 Å². The largest absolute Gasteiger partial charge is 0.469 e. The molecule has 0 heterocycles. The molecule has 0 aromatic carbocycles. The second kappa shape index (κ2) is 39.7. The molecule has 0 aromatic heterocycles. The van der Waals surface area contributed by atoms with Crippen LogP contribution in [0.15, 0.2) is 72.9 Å². The number of allylic oxidation sites excluding steroid dienone is 10. The van der Waals surface area contributed by atoms with E-state index in [4.69, 9.17) is 19.3 Å². The third-order valence-electron chi connectivity index (χ3n) is 8.78. The zero-order valence-corrected chi connectivity index (χ0v) is 35.3. The maximum atomic E-state index is 12.4. The highest BCUT2D eigenvalue weighted by Crippen LogP contribution is 2.36. The Balaban J connectivity index is 4.04. The lowest BCUT2D eigenvalue weighted by Crippen LogP contribution is -2.29. The first kappa shape index (κ1) is 52.5. The minimum atomic E-state index is -4.78. The average Bonchev–Trinajstić information content (AvgIpc) is 3.15. The number of ether oxygens (including phenoxy) is 2. The molecular formula is C45H77O9P. The summed E-state index contributed by atoms with van der Waals surface area (Å²) in [6.07, 6.45) is 48.3. The lowest BCUT2D eigenvalue weighted by Gasteiger charge is -2.18. The second-order valence-electron chi connectivity index (χ2n) is 14.1. The van der Waals surface area contributed by atoms with Gasteiger partial charge in [-0.25, -0.2) is 4.57 Å². The number of phosphoric ester groups is 1. The van der Waals surface area contributed by atoms with E-state index in [0.717, 1.165) is 38.5 Å². The first-order valence-corrected chi connectivity index (χ1v) is 22.9. The van der Waals surface area contributed by atoms with Crippen LogP contribution in [0.4, 0.5) is 0 Å². The minimum absolute atomic E-state index is 0.168. The van der Waals surface area contributed by atoms with Crippen LogP contribution < -0.4 is 0 Å². The van der Waals surface area contributed by atoms with Gasteiger partial charge in [-0.15, -0.1) is 0 Å². The van der Waals surface area contributed by atoms with Gasteiger partial charge < -0.3 is 24.4 Å². The van der Waals surface area contributed by atoms with Crippen LogP contribution in [0.2, 0.25) is 0 Å². The SMILES string of the molecule is CC/C=C\C(O)C/C=C/C=C\C/C=C\C/C=C\CCCC(=O)OC[C@H](COP(=O)(O)O)OC(=O)CCCCCCCCCCC/C=C\CCCCCCCC. The standard InChI is InChI=1S/C45H77O9P/c1-3-5-7-8-9-10-11-12-13-14-15-16-17-18-23-26-29-32-35-39-45(48)54-43(41-53-55(49,50)51)40-52-44(47)38-34-31-28-25-22-20-19-21-24-27-30-33-37-42(46)36-6-4-2/h6,12-13,19-20,24-25,27-28,30,33,36,42-43,46H,3-5,7-11,14-18,21-23,26,29,31-32,34-35,37-41H2,1-2H3,(H2,49,50,51)/b13-12-,20-19-,27-24-,28-25-,33-30+,36-6-/t42?,43-/m1/s1. The van der Waals surface area contributed by atoms with Gasteiger partial charge in [-0.2, -0.15) is 0 Å². The number of unbranched alkanes of at least 4 members (excludes halogenated alkanes) is 16. The molecule has 9 nitrogen and oxygen atoms in total. The highest BCUT2D eigenvalue weighted by Gasteiger charge is 2.22. The topological polar surface area (TPSA) is 140 Å². The molecule has 0 bridgehead atoms. The van der Waals surface area contributed by atoms with Crippen LogP contribution in [-0.2, 0) is 28.2 Å². The van der Waals surface area contributed by atoms with Crippen molar-refractivity contribution >= 4 is 19.8 Å². The summed E-state index contributed by atoms with van der Waals surface area (Å²) in [6, 6.07) is 0. The van der Waals surface area contributed by atoms with Crippen molar-refractivity contribution in [3.8, 4) is 0 Å². The number of hydrogen-bond acceptors (Lipinski definition) is 7. The minimum Gasteiger partial charge on any atom is -0.462 e. The number of rotatable bonds is 38. The number of phosphoric acid groups is 1. The summed E-state index contributed by atoms with van der Waals surface area (Å²) < 4.78 is 26.3. The first-order chi connectivity index (χ1) is 26.7. The van der Waals surface area contributed by atoms with E-state index in [1.54, 1.807) is 0 Å². The van der Waals surface area contributed by atoms with Crippen molar-refractivity contribution < 1.29 is 43.0 Å². The van der Waals surface area contributed by atoms with Gasteiger partial charge in [-0.1, -0.05) is 164 Å². The van der Waals surface area contributed by atoms with Crippen LogP contribution in [0.25, 0.3) is 0 Å². The number of aliphatic hydroxyl groups is 1. The predicted octanol–water partition coefficient (Wildman–Crippen LogP) is 12.0. The fourth-order valence-electron chi connectivity index (χ4n) is 5.60. The molecule has 0 amide bonds. The van der Waals surface area contributed by atoms with E-state index in [-0.39, 0.29) is 19.4 Å². The van der Waals surface area contributed by atoms with Crippen LogP contribution in [-0.4, -0.2) is 52.3 Å². The number of esters is 2. The Bertz CT molecular complexity index is 1140. The lowest BCUT2D eigenvalue weighted by atomic mass is 10.1. The van der Waals surface area contributed by atoms with Crippen molar-refractivity contribution in [3.63, 3.8) is 0 Å². The predicted molar refractivity (Wildman–Crippen MR) is 226 cm³/mol. The van der Waals surface area contributed by atoms with Gasteiger partial charge in [0.25, 0.3) is 0 Å². The van der Waals surface area contributed by atoms with Crippen LogP contribution in [0.3, 0.4) is 0 Å². The first-order valence-electron chi connectivity index (χ1n) is 21.3. The Morgan fingerprint density at radius 1 is 0.582 bits per heavy atom. The summed E-state index contributed by atoms with van der Waals surface area (Å²) in [5.74, 6) is -0.982. The Kier molecular flexibility index (Phi) is 37.8. The van der Waals surface area contributed by atoms with E-state index in [2.05, 4.69) is 35.8 Å². The lowest BCUT2D eigenvalue weighted by molar-refractivity contribution is -0.161. The normalized spacial score (nSPS) is 13.8. The van der Waals surface area contributed by atoms with E-state index >= 15 is 0 Å². The van der Waals surface area contributed by atoms with Crippen molar-refractivity contribution in [3.05, 3.63) is 72.9 Å². The summed E-state index contributed by atoms with van der Waals surface area (Å²) in [7, 11) is -4.78. The molecule has 0 aromatic rings. The number of carbonyl (C=O) groups excluding carboxylic acids is 2. The summed E-state index contributed by atoms with van der Waals surface area (Å²) in [5, 5.41) is 9.74. The van der Waals surface area contributed by atoms with Gasteiger partial charge in [0.05, 0.1) is 12.7 Å². The summed E-state index contributed by atoms with van der Waals surface area (Å²) >= 11 is 0. The quantitative estimate of drug-likeness (QED) is 0.0183. The van der Waals surface area contributed by atoms with Crippen molar-refractivity contribution in [1.29, 1.82) is 0 Å². The third kappa shape index (κ3) is 42.4. The molecule has 0 aliphatic heterocycles. The molecule has 0 rings (SSSR count). The molecule has 316 valence electrons. The third-order valence-corrected chi connectivity index (χ3v) is 9.27. The van der Waals surface area contributed by atoms with Gasteiger partial charge >= 0.3 is 19.8 Å². The van der Waals surface area contributed by atoms with Crippen LogP contribution in [0.5, 0.6) is 0 Å². The molecule has 55 heavy (non-hydrogen) atoms. The second-order valence-corrected chi connectivity index (χ2v) is 15.4. The van der Waals surface area contributed by atoms with Gasteiger partial charge in [0.1, 0.15) is 6.61 Å². The van der Waals surface area contributed by atoms with E-state index in [9.17, 15) is 19.3 Å². The van der Waals surface area contributed by atoms with E-state index in [1.807, 2.05) is 55.5 Å². The molecule has 0 spiro atoms. The smallest absolute Gasteiger partial charge is 0.462 e. The van der Waals surface area contributed by atoms with Gasteiger partial charge in [-0.05, 0) is 70.6 Å². The molecule has 2 atom stereocenters. The Morgan fingerprint density at radius 3 is 1.71 bits per heavy atom. The maximum absolute atomic E-state index is 12.4. The van der Waals surface area contributed by atoms with Crippen molar-refractivity contribution in [2.24, 2.45) is 0 Å². The average molecular weight is 793 g/mol. The van der Waals surface area contributed by atoms with E-state index in [0.29, 0.717) is 25.7 Å². The number of hydrogen-bond donors (Lipinski definition) is 3. The fraction of sp³-hybridized carbons (Fsp3) is 0.689. The van der Waals surface area contributed by atoms with Gasteiger partial charge in [0.15, 0.2) is 6.10 Å². The van der Waals surface area contributed by atoms with Crippen LogP contribution >= 0.6 is 7.82 Å². The number of carbonyl (C=O) groups is 2. The van der Waals surface area contributed by atoms with Crippen molar-refractivity contribution in [1.82, 2.24) is 0 Å². The zero-order valence-electron chi connectivity index (χ0n) is 34.4.